The molecule has 0 spiro atoms. The molecule has 0 amide bonds. The number of hydrogen-bond donors (Lipinski definition) is 1. The maximum atomic E-state index is 11.9. The van der Waals surface area contributed by atoms with Crippen molar-refractivity contribution >= 4 is 27.7 Å². The first-order valence-corrected chi connectivity index (χ1v) is 5.47. The maximum absolute atomic E-state index is 11.9. The Bertz CT molecular complexity index is 412. The summed E-state index contributed by atoms with van der Waals surface area (Å²) in [5, 5.41) is 8.97. The van der Waals surface area contributed by atoms with Gasteiger partial charge < -0.3 is 5.11 Å². The number of carbonyl (C=O) groups excluding carboxylic acids is 1. The molecule has 16 heavy (non-hydrogen) atoms. The monoisotopic (exact) mass is 282 g/mol. The minimum Gasteiger partial charge on any atom is -0.481 e. The minimum atomic E-state index is -1.13. The molecule has 1 N–H and O–H groups in total. The van der Waals surface area contributed by atoms with E-state index in [1.165, 1.54) is 0 Å². The summed E-state index contributed by atoms with van der Waals surface area (Å²) in [5.74, 6) is -2.60. The number of hydrogen-bond acceptors (Lipinski definition) is 2. The van der Waals surface area contributed by atoms with E-state index < -0.39 is 17.7 Å². The standard InChI is InChI=1S/C12H11BrO3/c1-8(13)7-10(12(15)16)11(14)9-5-3-2-4-6-9/h2-6,10H,1,7H2,(H,15,16). The summed E-state index contributed by atoms with van der Waals surface area (Å²) in [7, 11) is 0. The Morgan fingerprint density at radius 2 is 1.88 bits per heavy atom. The SMILES string of the molecule is C=C(Br)CC(C(=O)O)C(=O)c1ccccc1. The van der Waals surface area contributed by atoms with Crippen LogP contribution in [-0.4, -0.2) is 16.9 Å². The van der Waals surface area contributed by atoms with Crippen LogP contribution in [-0.2, 0) is 4.79 Å². The second kappa shape index (κ2) is 5.61. The Labute approximate surface area is 102 Å². The molecule has 84 valence electrons. The van der Waals surface area contributed by atoms with Gasteiger partial charge >= 0.3 is 5.97 Å². The van der Waals surface area contributed by atoms with Gasteiger partial charge in [0.1, 0.15) is 5.92 Å². The second-order valence-corrected chi connectivity index (χ2v) is 4.46. The molecule has 0 aromatic heterocycles. The number of halogens is 1. The van der Waals surface area contributed by atoms with Gasteiger partial charge in [-0.2, -0.15) is 0 Å². The molecule has 0 saturated carbocycles. The third-order valence-corrected chi connectivity index (χ3v) is 2.42. The Morgan fingerprint density at radius 1 is 1.31 bits per heavy atom. The van der Waals surface area contributed by atoms with Crippen molar-refractivity contribution in [1.82, 2.24) is 0 Å². The summed E-state index contributed by atoms with van der Waals surface area (Å²) in [6.07, 6.45) is 0.100. The van der Waals surface area contributed by atoms with Crippen molar-refractivity contribution in [3.63, 3.8) is 0 Å². The molecule has 1 rings (SSSR count). The number of carboxylic acids is 1. The highest BCUT2D eigenvalue weighted by atomic mass is 79.9. The van der Waals surface area contributed by atoms with Crippen LogP contribution in [0.2, 0.25) is 0 Å². The Hall–Kier alpha value is -1.42. The molecule has 4 heteroatoms. The van der Waals surface area contributed by atoms with Gasteiger partial charge in [-0.1, -0.05) is 52.8 Å². The van der Waals surface area contributed by atoms with Gasteiger partial charge in [0.05, 0.1) is 0 Å². The first kappa shape index (κ1) is 12.6. The molecule has 0 aliphatic rings. The van der Waals surface area contributed by atoms with Crippen molar-refractivity contribution in [3.8, 4) is 0 Å². The average molecular weight is 283 g/mol. The van der Waals surface area contributed by atoms with Gasteiger partial charge in [-0.3, -0.25) is 9.59 Å². The topological polar surface area (TPSA) is 54.4 Å². The Morgan fingerprint density at radius 3 is 2.31 bits per heavy atom. The lowest BCUT2D eigenvalue weighted by Gasteiger charge is -2.10. The Kier molecular flexibility index (Phi) is 4.43. The van der Waals surface area contributed by atoms with Crippen molar-refractivity contribution in [1.29, 1.82) is 0 Å². The first-order valence-electron chi connectivity index (χ1n) is 4.67. The fraction of sp³-hybridized carbons (Fsp3) is 0.167. The van der Waals surface area contributed by atoms with E-state index in [2.05, 4.69) is 22.5 Å². The molecule has 1 aromatic carbocycles. The highest BCUT2D eigenvalue weighted by molar-refractivity contribution is 9.11. The zero-order chi connectivity index (χ0) is 12.1. The van der Waals surface area contributed by atoms with E-state index in [-0.39, 0.29) is 6.42 Å². The number of allylic oxidation sites excluding steroid dienone is 1. The number of benzene rings is 1. The zero-order valence-electron chi connectivity index (χ0n) is 8.52. The molecule has 0 saturated heterocycles. The second-order valence-electron chi connectivity index (χ2n) is 3.34. The molecular formula is C12H11BrO3. The van der Waals surface area contributed by atoms with Crippen LogP contribution in [0, 0.1) is 5.92 Å². The number of ketones is 1. The van der Waals surface area contributed by atoms with Crippen LogP contribution in [0.1, 0.15) is 16.8 Å². The molecule has 0 bridgehead atoms. The molecule has 0 aliphatic carbocycles. The quantitative estimate of drug-likeness (QED) is 0.667. The van der Waals surface area contributed by atoms with Gasteiger partial charge in [-0.05, 0) is 10.9 Å². The molecular weight excluding hydrogens is 272 g/mol. The average Bonchev–Trinajstić information content (AvgIpc) is 2.25. The van der Waals surface area contributed by atoms with Crippen LogP contribution in [0.25, 0.3) is 0 Å². The van der Waals surface area contributed by atoms with E-state index in [4.69, 9.17) is 5.11 Å². The van der Waals surface area contributed by atoms with E-state index >= 15 is 0 Å². The molecule has 0 aliphatic heterocycles. The molecule has 3 nitrogen and oxygen atoms in total. The predicted octanol–water partition coefficient (Wildman–Crippen LogP) is 2.87. The molecule has 1 unspecified atom stereocenters. The third-order valence-electron chi connectivity index (χ3n) is 2.10. The van der Waals surface area contributed by atoms with Gasteiger partial charge in [-0.25, -0.2) is 0 Å². The summed E-state index contributed by atoms with van der Waals surface area (Å²) in [4.78, 5) is 22.8. The van der Waals surface area contributed by atoms with Crippen molar-refractivity contribution in [2.24, 2.45) is 5.92 Å². The van der Waals surface area contributed by atoms with Crippen LogP contribution < -0.4 is 0 Å². The number of carboxylic acid groups (broad SMARTS) is 1. The molecule has 0 fully saturated rings. The lowest BCUT2D eigenvalue weighted by atomic mass is 9.95. The maximum Gasteiger partial charge on any atom is 0.314 e. The number of aliphatic carboxylic acids is 1. The zero-order valence-corrected chi connectivity index (χ0v) is 10.1. The van der Waals surface area contributed by atoms with Gasteiger partial charge in [-0.15, -0.1) is 0 Å². The van der Waals surface area contributed by atoms with E-state index in [1.807, 2.05) is 0 Å². The van der Waals surface area contributed by atoms with Crippen LogP contribution in [0.4, 0.5) is 0 Å². The smallest absolute Gasteiger partial charge is 0.314 e. The van der Waals surface area contributed by atoms with E-state index in [0.717, 1.165) is 0 Å². The number of rotatable bonds is 5. The van der Waals surface area contributed by atoms with Gasteiger partial charge in [0.25, 0.3) is 0 Å². The van der Waals surface area contributed by atoms with Crippen molar-refractivity contribution in [3.05, 3.63) is 47.0 Å². The van der Waals surface area contributed by atoms with Crippen LogP contribution >= 0.6 is 15.9 Å². The van der Waals surface area contributed by atoms with E-state index in [1.54, 1.807) is 30.3 Å². The van der Waals surface area contributed by atoms with Gasteiger partial charge in [0, 0.05) is 5.56 Å². The van der Waals surface area contributed by atoms with E-state index in [0.29, 0.717) is 10.0 Å². The lowest BCUT2D eigenvalue weighted by Crippen LogP contribution is -2.23. The van der Waals surface area contributed by atoms with E-state index in [9.17, 15) is 9.59 Å². The molecule has 1 aromatic rings. The minimum absolute atomic E-state index is 0.100. The van der Waals surface area contributed by atoms with Gasteiger partial charge in [0.2, 0.25) is 0 Å². The fourth-order valence-corrected chi connectivity index (χ4v) is 1.64. The lowest BCUT2D eigenvalue weighted by molar-refractivity contribution is -0.139. The normalized spacial score (nSPS) is 11.8. The highest BCUT2D eigenvalue weighted by Gasteiger charge is 2.27. The largest absolute Gasteiger partial charge is 0.481 e. The third kappa shape index (κ3) is 3.31. The van der Waals surface area contributed by atoms with Crippen molar-refractivity contribution < 1.29 is 14.7 Å². The summed E-state index contributed by atoms with van der Waals surface area (Å²) in [6.45, 7) is 3.55. The molecule has 0 radical (unpaired) electrons. The first-order chi connectivity index (χ1) is 7.52. The fourth-order valence-electron chi connectivity index (χ4n) is 1.32. The summed E-state index contributed by atoms with van der Waals surface area (Å²) in [5.41, 5.74) is 0.406. The van der Waals surface area contributed by atoms with Gasteiger partial charge in [0.15, 0.2) is 5.78 Å². The highest BCUT2D eigenvalue weighted by Crippen LogP contribution is 2.20. The summed E-state index contributed by atoms with van der Waals surface area (Å²) < 4.78 is 0.504. The number of carbonyl (C=O) groups is 2. The number of Topliss-reactive ketones (excluding diaryl/α,β-unsaturated/α-hetero) is 1. The molecule has 0 heterocycles. The predicted molar refractivity (Wildman–Crippen MR) is 64.6 cm³/mol. The van der Waals surface area contributed by atoms with Crippen LogP contribution in [0.15, 0.2) is 41.4 Å². The van der Waals surface area contributed by atoms with Crippen molar-refractivity contribution in [2.75, 3.05) is 0 Å². The summed E-state index contributed by atoms with van der Waals surface area (Å²) >= 11 is 3.07. The van der Waals surface area contributed by atoms with Crippen LogP contribution in [0.5, 0.6) is 0 Å². The Balaban J connectivity index is 2.92. The van der Waals surface area contributed by atoms with Crippen LogP contribution in [0.3, 0.4) is 0 Å². The van der Waals surface area contributed by atoms with Crippen molar-refractivity contribution in [2.45, 2.75) is 6.42 Å². The summed E-state index contributed by atoms with van der Waals surface area (Å²) in [6, 6.07) is 8.39. The molecule has 1 atom stereocenters.